The predicted octanol–water partition coefficient (Wildman–Crippen LogP) is 2.35. The van der Waals surface area contributed by atoms with Gasteiger partial charge in [-0.05, 0) is 49.1 Å². The van der Waals surface area contributed by atoms with Gasteiger partial charge in [0.25, 0.3) is 0 Å². The lowest BCUT2D eigenvalue weighted by molar-refractivity contribution is -0.136. The number of para-hydroxylation sites is 1. The molecule has 2 aromatic rings. The fourth-order valence-electron chi connectivity index (χ4n) is 4.06. The number of hydrogen-bond donors (Lipinski definition) is 2. The second-order valence-electron chi connectivity index (χ2n) is 7.34. The molecule has 0 unspecified atom stereocenters. The third-order valence-electron chi connectivity index (χ3n) is 5.52. The van der Waals surface area contributed by atoms with Crippen LogP contribution in [0.1, 0.15) is 36.0 Å². The zero-order valence-electron chi connectivity index (χ0n) is 16.5. The first-order valence-electron chi connectivity index (χ1n) is 9.69. The topological polar surface area (TPSA) is 87.7 Å². The number of methoxy groups -OCH3 is 1. The van der Waals surface area contributed by atoms with Crippen LogP contribution in [0, 0.1) is 0 Å². The Bertz CT molecular complexity index is 1000. The van der Waals surface area contributed by atoms with E-state index in [2.05, 4.69) is 10.6 Å². The lowest BCUT2D eigenvalue weighted by Gasteiger charge is -2.26. The molecule has 2 N–H and O–H groups in total. The fourth-order valence-corrected chi connectivity index (χ4v) is 4.06. The Balaban J connectivity index is 1.46. The highest BCUT2D eigenvalue weighted by atomic mass is 16.5. The van der Waals surface area contributed by atoms with Crippen molar-refractivity contribution in [2.75, 3.05) is 23.9 Å². The summed E-state index contributed by atoms with van der Waals surface area (Å²) in [5, 5.41) is 5.29. The number of amides is 3. The van der Waals surface area contributed by atoms with E-state index in [1.54, 1.807) is 19.2 Å². The van der Waals surface area contributed by atoms with Crippen molar-refractivity contribution in [3.8, 4) is 5.75 Å². The number of rotatable bonds is 4. The summed E-state index contributed by atoms with van der Waals surface area (Å²) in [5.41, 5.74) is 4.26. The molecule has 0 saturated heterocycles. The largest absolute Gasteiger partial charge is 0.496 e. The number of ether oxygens (including phenoxy) is 1. The summed E-state index contributed by atoms with van der Waals surface area (Å²) < 4.78 is 5.25. The Labute approximate surface area is 169 Å². The molecule has 2 aliphatic heterocycles. The third-order valence-corrected chi connectivity index (χ3v) is 5.52. The van der Waals surface area contributed by atoms with Crippen LogP contribution in [0.5, 0.6) is 5.75 Å². The van der Waals surface area contributed by atoms with Crippen LogP contribution < -0.4 is 20.3 Å². The molecule has 7 nitrogen and oxygen atoms in total. The molecule has 4 rings (SSSR count). The first-order chi connectivity index (χ1) is 14.0. The Morgan fingerprint density at radius 3 is 2.79 bits per heavy atom. The molecule has 150 valence electrons. The highest BCUT2D eigenvalue weighted by Crippen LogP contribution is 2.44. The predicted molar refractivity (Wildman–Crippen MR) is 109 cm³/mol. The number of nitrogens with one attached hydrogen (secondary N) is 2. The molecular formula is C22H23N3O4. The molecule has 0 saturated carbocycles. The number of carbonyl (C=O) groups is 3. The summed E-state index contributed by atoms with van der Waals surface area (Å²) >= 11 is 0. The van der Waals surface area contributed by atoms with E-state index in [0.717, 1.165) is 41.8 Å². The molecule has 3 amide bonds. The van der Waals surface area contributed by atoms with E-state index in [1.807, 2.05) is 36.1 Å². The van der Waals surface area contributed by atoms with Crippen molar-refractivity contribution in [2.24, 2.45) is 0 Å². The normalized spacial score (nSPS) is 17.0. The maximum atomic E-state index is 12.5. The van der Waals surface area contributed by atoms with Crippen molar-refractivity contribution >= 4 is 29.1 Å². The SMILES string of the molecule is COc1ccccc1CNC(=O)C(=O)Nc1cc2c3c(c1)[C@@H](C)C(=O)N3CCC2. The van der Waals surface area contributed by atoms with Crippen LogP contribution in [0.15, 0.2) is 36.4 Å². The van der Waals surface area contributed by atoms with Crippen molar-refractivity contribution in [1.82, 2.24) is 5.32 Å². The minimum Gasteiger partial charge on any atom is -0.496 e. The van der Waals surface area contributed by atoms with Crippen LogP contribution in [0.25, 0.3) is 0 Å². The number of hydrogen-bond acceptors (Lipinski definition) is 4. The molecule has 0 aliphatic carbocycles. The van der Waals surface area contributed by atoms with E-state index >= 15 is 0 Å². The van der Waals surface area contributed by atoms with Gasteiger partial charge in [0.2, 0.25) is 5.91 Å². The Kier molecular flexibility index (Phi) is 4.96. The van der Waals surface area contributed by atoms with Crippen molar-refractivity contribution < 1.29 is 19.1 Å². The molecule has 29 heavy (non-hydrogen) atoms. The van der Waals surface area contributed by atoms with Gasteiger partial charge in [-0.25, -0.2) is 0 Å². The van der Waals surface area contributed by atoms with Gasteiger partial charge in [0.05, 0.1) is 18.7 Å². The van der Waals surface area contributed by atoms with Gasteiger partial charge in [0.1, 0.15) is 5.75 Å². The van der Waals surface area contributed by atoms with Gasteiger partial charge in [-0.15, -0.1) is 0 Å². The van der Waals surface area contributed by atoms with Gasteiger partial charge in [0, 0.05) is 24.3 Å². The number of aryl methyl sites for hydroxylation is 1. The lowest BCUT2D eigenvalue weighted by atomic mass is 9.96. The minimum absolute atomic E-state index is 0.0963. The Hall–Kier alpha value is -3.35. The minimum atomic E-state index is -0.739. The van der Waals surface area contributed by atoms with E-state index in [9.17, 15) is 14.4 Å². The summed E-state index contributed by atoms with van der Waals surface area (Å²) in [6, 6.07) is 11.0. The van der Waals surface area contributed by atoms with Crippen LogP contribution in [-0.4, -0.2) is 31.4 Å². The summed E-state index contributed by atoms with van der Waals surface area (Å²) in [6.45, 7) is 2.80. The van der Waals surface area contributed by atoms with E-state index in [4.69, 9.17) is 4.74 Å². The van der Waals surface area contributed by atoms with Crippen LogP contribution >= 0.6 is 0 Å². The number of nitrogens with zero attached hydrogens (tertiary/aromatic N) is 1. The van der Waals surface area contributed by atoms with Gasteiger partial charge in [-0.3, -0.25) is 14.4 Å². The number of anilines is 2. The highest BCUT2D eigenvalue weighted by Gasteiger charge is 2.38. The maximum absolute atomic E-state index is 12.5. The van der Waals surface area contributed by atoms with Crippen molar-refractivity contribution in [3.05, 3.63) is 53.1 Å². The van der Waals surface area contributed by atoms with Gasteiger partial charge in [-0.1, -0.05) is 18.2 Å². The van der Waals surface area contributed by atoms with Crippen molar-refractivity contribution in [3.63, 3.8) is 0 Å². The first-order valence-corrected chi connectivity index (χ1v) is 9.69. The molecule has 0 radical (unpaired) electrons. The van der Waals surface area contributed by atoms with Gasteiger partial charge in [0.15, 0.2) is 0 Å². The monoisotopic (exact) mass is 393 g/mol. The smallest absolute Gasteiger partial charge is 0.313 e. The molecule has 0 spiro atoms. The second kappa shape index (κ2) is 7.58. The molecule has 2 aromatic carbocycles. The molecule has 0 fully saturated rings. The number of benzene rings is 2. The van der Waals surface area contributed by atoms with E-state index < -0.39 is 11.8 Å². The molecule has 0 bridgehead atoms. The van der Waals surface area contributed by atoms with Crippen molar-refractivity contribution in [2.45, 2.75) is 32.2 Å². The number of carbonyl (C=O) groups excluding carboxylic acids is 3. The Morgan fingerprint density at radius 1 is 1.21 bits per heavy atom. The third kappa shape index (κ3) is 3.44. The van der Waals surface area contributed by atoms with Gasteiger partial charge in [-0.2, -0.15) is 0 Å². The molecule has 7 heteroatoms. The summed E-state index contributed by atoms with van der Waals surface area (Å²) in [4.78, 5) is 38.9. The van der Waals surface area contributed by atoms with Crippen LogP contribution in [0.3, 0.4) is 0 Å². The average Bonchev–Trinajstić information content (AvgIpc) is 2.98. The van der Waals surface area contributed by atoms with Gasteiger partial charge >= 0.3 is 11.8 Å². The first kappa shape index (κ1) is 19.0. The van der Waals surface area contributed by atoms with Gasteiger partial charge < -0.3 is 20.3 Å². The fraction of sp³-hybridized carbons (Fsp3) is 0.318. The van der Waals surface area contributed by atoms with Crippen LogP contribution in [-0.2, 0) is 27.3 Å². The maximum Gasteiger partial charge on any atom is 0.313 e. The van der Waals surface area contributed by atoms with Crippen LogP contribution in [0.2, 0.25) is 0 Å². The molecule has 0 aromatic heterocycles. The molecule has 2 heterocycles. The molecule has 2 aliphatic rings. The van der Waals surface area contributed by atoms with Crippen LogP contribution in [0.4, 0.5) is 11.4 Å². The zero-order valence-corrected chi connectivity index (χ0v) is 16.5. The summed E-state index contributed by atoms with van der Waals surface area (Å²) in [5.74, 6) is -0.960. The quantitative estimate of drug-likeness (QED) is 0.781. The summed E-state index contributed by atoms with van der Waals surface area (Å²) in [7, 11) is 1.56. The summed E-state index contributed by atoms with van der Waals surface area (Å²) in [6.07, 6.45) is 1.74. The standard InChI is InChI=1S/C22H23N3O4/c1-13-17-11-16(10-14-7-5-9-25(19(14)17)22(13)28)24-21(27)20(26)23-12-15-6-3-4-8-18(15)29-2/h3-4,6,8,10-11,13H,5,7,9,12H2,1-2H3,(H,23,26)(H,24,27)/t13-/m1/s1. The van der Waals surface area contributed by atoms with E-state index in [0.29, 0.717) is 11.4 Å². The zero-order chi connectivity index (χ0) is 20.5. The lowest BCUT2D eigenvalue weighted by Crippen LogP contribution is -2.35. The van der Waals surface area contributed by atoms with E-state index in [1.165, 1.54) is 0 Å². The second-order valence-corrected chi connectivity index (χ2v) is 7.34. The average molecular weight is 393 g/mol. The molecular weight excluding hydrogens is 370 g/mol. The Morgan fingerprint density at radius 2 is 2.00 bits per heavy atom. The molecule has 1 atom stereocenters. The highest BCUT2D eigenvalue weighted by molar-refractivity contribution is 6.39. The van der Waals surface area contributed by atoms with E-state index in [-0.39, 0.29) is 18.4 Å². The van der Waals surface area contributed by atoms with Crippen molar-refractivity contribution in [1.29, 1.82) is 0 Å².